The summed E-state index contributed by atoms with van der Waals surface area (Å²) in [5, 5.41) is 11.1. The maximum atomic E-state index is 11.9. The predicted octanol–water partition coefficient (Wildman–Crippen LogP) is 2.40. The smallest absolute Gasteiger partial charge is 0.321 e. The van der Waals surface area contributed by atoms with Gasteiger partial charge in [-0.15, -0.1) is 11.6 Å². The van der Waals surface area contributed by atoms with Crippen LogP contribution in [0.2, 0.25) is 0 Å². The van der Waals surface area contributed by atoms with Crippen LogP contribution in [0.4, 0.5) is 0 Å². The van der Waals surface area contributed by atoms with E-state index in [0.29, 0.717) is 0 Å². The van der Waals surface area contributed by atoms with Crippen LogP contribution < -0.4 is 0 Å². The molecule has 3 saturated carbocycles. The molecule has 5 rings (SSSR count). The zero-order valence-electron chi connectivity index (χ0n) is 16.0. The summed E-state index contributed by atoms with van der Waals surface area (Å²) in [5.74, 6) is -2.21. The third-order valence-corrected chi connectivity index (χ3v) is 7.20. The topological polar surface area (TPSA) is 83.5 Å². The first-order chi connectivity index (χ1) is 13.5. The number of aliphatic hydroxyl groups is 1. The highest BCUT2D eigenvalue weighted by atomic mass is 35.5. The van der Waals surface area contributed by atoms with Gasteiger partial charge < -0.3 is 28.8 Å². The van der Waals surface area contributed by atoms with Crippen molar-refractivity contribution in [1.29, 1.82) is 0 Å². The largest absolute Gasteiger partial charge is 0.456 e. The standard InChI is InChI=1S/C20H29ClO7/c21-11-12(22)24-14-13(23)15-17(27-19(25-15)7-3-1-4-8-19)18-16(14)26-20(28-18)9-5-2-6-10-20/h13-18,23H,1-11H2/t13-,14-,15+,16+,17+,18+/m0/s1. The van der Waals surface area contributed by atoms with Gasteiger partial charge in [-0.25, -0.2) is 0 Å². The van der Waals surface area contributed by atoms with E-state index in [9.17, 15) is 9.90 Å². The fraction of sp³-hybridized carbons (Fsp3) is 0.950. The monoisotopic (exact) mass is 416 g/mol. The van der Waals surface area contributed by atoms with E-state index < -0.39 is 54.2 Å². The summed E-state index contributed by atoms with van der Waals surface area (Å²) < 4.78 is 31.1. The second-order valence-corrected chi connectivity index (χ2v) is 9.12. The lowest BCUT2D eigenvalue weighted by Gasteiger charge is -2.40. The minimum absolute atomic E-state index is 0.276. The van der Waals surface area contributed by atoms with Crippen molar-refractivity contribution < 1.29 is 33.6 Å². The summed E-state index contributed by atoms with van der Waals surface area (Å²) in [6, 6.07) is 0. The molecule has 5 fully saturated rings. The fourth-order valence-electron chi connectivity index (χ4n) is 5.70. The molecule has 0 aromatic rings. The van der Waals surface area contributed by atoms with Crippen LogP contribution in [0, 0.1) is 0 Å². The molecule has 5 aliphatic rings. The van der Waals surface area contributed by atoms with Crippen molar-refractivity contribution in [2.45, 2.75) is 112 Å². The molecular weight excluding hydrogens is 388 g/mol. The molecule has 0 unspecified atom stereocenters. The third-order valence-electron chi connectivity index (χ3n) is 6.98. The second kappa shape index (κ2) is 7.36. The minimum atomic E-state index is -1.04. The van der Waals surface area contributed by atoms with Crippen LogP contribution in [0.15, 0.2) is 0 Å². The number of hydrogen-bond acceptors (Lipinski definition) is 7. The Kier molecular flexibility index (Phi) is 5.13. The lowest BCUT2D eigenvalue weighted by molar-refractivity contribution is -0.226. The molecule has 0 amide bonds. The molecule has 2 spiro atoms. The highest BCUT2D eigenvalue weighted by molar-refractivity contribution is 6.26. The number of esters is 1. The number of hydrogen-bond donors (Lipinski definition) is 1. The zero-order chi connectivity index (χ0) is 19.4. The van der Waals surface area contributed by atoms with E-state index in [0.717, 1.165) is 64.2 Å². The molecule has 0 bridgehead atoms. The van der Waals surface area contributed by atoms with E-state index in [1.807, 2.05) is 0 Å². The third kappa shape index (κ3) is 3.19. The van der Waals surface area contributed by atoms with Gasteiger partial charge in [-0.3, -0.25) is 4.79 Å². The van der Waals surface area contributed by atoms with Crippen molar-refractivity contribution in [2.24, 2.45) is 0 Å². The summed E-state index contributed by atoms with van der Waals surface area (Å²) in [7, 11) is 0. The number of aliphatic hydroxyl groups excluding tert-OH is 1. The normalized spacial score (nSPS) is 43.6. The minimum Gasteiger partial charge on any atom is -0.456 e. The molecule has 3 aliphatic carbocycles. The van der Waals surface area contributed by atoms with Crippen LogP contribution in [0.25, 0.3) is 0 Å². The maximum absolute atomic E-state index is 11.9. The van der Waals surface area contributed by atoms with Gasteiger partial charge in [0.2, 0.25) is 0 Å². The molecule has 0 radical (unpaired) electrons. The van der Waals surface area contributed by atoms with E-state index in [-0.39, 0.29) is 5.88 Å². The number of alkyl halides is 1. The quantitative estimate of drug-likeness (QED) is 0.546. The molecule has 7 nitrogen and oxygen atoms in total. The highest BCUT2D eigenvalue weighted by Gasteiger charge is 2.67. The van der Waals surface area contributed by atoms with Crippen molar-refractivity contribution in [3.05, 3.63) is 0 Å². The van der Waals surface area contributed by atoms with Crippen molar-refractivity contribution in [3.63, 3.8) is 0 Å². The van der Waals surface area contributed by atoms with Crippen molar-refractivity contribution in [3.8, 4) is 0 Å². The average molecular weight is 417 g/mol. The van der Waals surface area contributed by atoms with E-state index in [1.165, 1.54) is 0 Å². The first-order valence-electron chi connectivity index (χ1n) is 10.7. The molecular formula is C20H29ClO7. The highest BCUT2D eigenvalue weighted by Crippen LogP contribution is 2.51. The molecule has 158 valence electrons. The van der Waals surface area contributed by atoms with Gasteiger partial charge in [-0.1, -0.05) is 12.8 Å². The molecule has 28 heavy (non-hydrogen) atoms. The Balaban J connectivity index is 1.44. The van der Waals surface area contributed by atoms with Gasteiger partial charge in [0.25, 0.3) is 0 Å². The average Bonchev–Trinajstić information content (AvgIpc) is 3.25. The van der Waals surface area contributed by atoms with Gasteiger partial charge in [-0.2, -0.15) is 0 Å². The van der Waals surface area contributed by atoms with Gasteiger partial charge in [0.15, 0.2) is 17.7 Å². The van der Waals surface area contributed by atoms with E-state index in [2.05, 4.69) is 0 Å². The molecule has 2 heterocycles. The summed E-state index contributed by atoms with van der Waals surface area (Å²) in [5.41, 5.74) is 0. The van der Waals surface area contributed by atoms with Gasteiger partial charge in [0.05, 0.1) is 0 Å². The van der Waals surface area contributed by atoms with Crippen LogP contribution >= 0.6 is 11.6 Å². The summed E-state index contributed by atoms with van der Waals surface area (Å²) in [6.45, 7) is 0. The van der Waals surface area contributed by atoms with Gasteiger partial charge in [0, 0.05) is 25.7 Å². The predicted molar refractivity (Wildman–Crippen MR) is 97.7 cm³/mol. The number of halogens is 1. The molecule has 6 atom stereocenters. The van der Waals surface area contributed by atoms with Crippen molar-refractivity contribution in [1.82, 2.24) is 0 Å². The first-order valence-corrected chi connectivity index (χ1v) is 11.2. The zero-order valence-corrected chi connectivity index (χ0v) is 16.8. The van der Waals surface area contributed by atoms with Crippen LogP contribution in [0.3, 0.4) is 0 Å². The van der Waals surface area contributed by atoms with Gasteiger partial charge in [0.1, 0.15) is 36.4 Å². The molecule has 0 aromatic heterocycles. The van der Waals surface area contributed by atoms with E-state index in [1.54, 1.807) is 0 Å². The van der Waals surface area contributed by atoms with Gasteiger partial charge >= 0.3 is 5.97 Å². The number of carbonyl (C=O) groups is 1. The number of rotatable bonds is 2. The summed E-state index contributed by atoms with van der Waals surface area (Å²) >= 11 is 5.65. The summed E-state index contributed by atoms with van der Waals surface area (Å²) in [6.07, 6.45) is 5.73. The Hall–Kier alpha value is -0.440. The molecule has 2 aliphatic heterocycles. The molecule has 8 heteroatoms. The SMILES string of the molecule is O=C(CCl)O[C@H]1[C@H](O)[C@H]2OC3(CCCCC3)O[C@H]2[C@@H]2OC3(CCCCC3)O[C@@H]21. The first kappa shape index (κ1) is 19.5. The van der Waals surface area contributed by atoms with Crippen molar-refractivity contribution >= 4 is 17.6 Å². The lowest BCUT2D eigenvalue weighted by atomic mass is 9.85. The van der Waals surface area contributed by atoms with Crippen molar-refractivity contribution in [2.75, 3.05) is 5.88 Å². The molecule has 0 aromatic carbocycles. The Morgan fingerprint density at radius 1 is 0.821 bits per heavy atom. The second-order valence-electron chi connectivity index (χ2n) is 8.85. The Morgan fingerprint density at radius 2 is 1.29 bits per heavy atom. The maximum Gasteiger partial charge on any atom is 0.321 e. The number of ether oxygens (including phenoxy) is 5. The van der Waals surface area contributed by atoms with Crippen LogP contribution in [0.1, 0.15) is 64.2 Å². The van der Waals surface area contributed by atoms with Crippen LogP contribution in [-0.2, 0) is 28.5 Å². The lowest BCUT2D eigenvalue weighted by Crippen LogP contribution is -2.62. The van der Waals surface area contributed by atoms with Crippen LogP contribution in [-0.4, -0.2) is 65.2 Å². The van der Waals surface area contributed by atoms with Gasteiger partial charge in [-0.05, 0) is 25.7 Å². The Bertz CT molecular complexity index is 601. The fourth-order valence-corrected chi connectivity index (χ4v) is 5.76. The molecule has 1 N–H and O–H groups in total. The van der Waals surface area contributed by atoms with Crippen LogP contribution in [0.5, 0.6) is 0 Å². The Morgan fingerprint density at radius 3 is 1.82 bits per heavy atom. The van der Waals surface area contributed by atoms with E-state index >= 15 is 0 Å². The van der Waals surface area contributed by atoms with E-state index in [4.69, 9.17) is 35.3 Å². The molecule has 2 saturated heterocycles. The Labute approximate surface area is 169 Å². The summed E-state index contributed by atoms with van der Waals surface area (Å²) in [4.78, 5) is 11.9. The number of carbonyl (C=O) groups excluding carboxylic acids is 1. The number of fused-ring (bicyclic) bond motifs is 3.